The number of carbonyl (C=O) groups is 1. The summed E-state index contributed by atoms with van der Waals surface area (Å²) in [6.45, 7) is 1.91. The molecule has 23 heavy (non-hydrogen) atoms. The average Bonchev–Trinajstić information content (AvgIpc) is 3.13. The van der Waals surface area contributed by atoms with Gasteiger partial charge in [-0.1, -0.05) is 0 Å². The van der Waals surface area contributed by atoms with Crippen molar-refractivity contribution in [3.05, 3.63) is 24.1 Å². The lowest BCUT2D eigenvalue weighted by molar-refractivity contribution is -0.156. The Kier molecular flexibility index (Phi) is 4.25. The maximum absolute atomic E-state index is 12.6. The Morgan fingerprint density at radius 2 is 2.26 bits per heavy atom. The molecule has 0 spiro atoms. The smallest absolute Gasteiger partial charge is 0.433 e. The molecule has 124 valence electrons. The Morgan fingerprint density at radius 3 is 2.96 bits per heavy atom. The second-order valence-electron chi connectivity index (χ2n) is 5.64. The van der Waals surface area contributed by atoms with Crippen molar-refractivity contribution in [2.24, 2.45) is 5.92 Å². The van der Waals surface area contributed by atoms with Gasteiger partial charge in [0.2, 0.25) is 5.91 Å². The predicted octanol–water partition coefficient (Wildman–Crippen LogP) is 3.17. The van der Waals surface area contributed by atoms with Gasteiger partial charge in [-0.25, -0.2) is 4.98 Å². The molecule has 2 aromatic rings. The molecular weight excluding hydrogens is 311 g/mol. The Morgan fingerprint density at radius 1 is 1.43 bits per heavy atom. The van der Waals surface area contributed by atoms with E-state index in [1.165, 1.54) is 18.2 Å². The molecule has 1 atom stereocenters. The van der Waals surface area contributed by atoms with Gasteiger partial charge in [-0.15, -0.1) is 0 Å². The van der Waals surface area contributed by atoms with Crippen molar-refractivity contribution in [3.8, 4) is 0 Å². The molecule has 0 aliphatic carbocycles. The van der Waals surface area contributed by atoms with Crippen LogP contribution in [0.25, 0.3) is 11.1 Å². The van der Waals surface area contributed by atoms with Crippen molar-refractivity contribution in [2.45, 2.75) is 25.4 Å². The van der Waals surface area contributed by atoms with Gasteiger partial charge < -0.3 is 15.1 Å². The quantitative estimate of drug-likeness (QED) is 0.905. The van der Waals surface area contributed by atoms with Crippen LogP contribution in [0.1, 0.15) is 25.2 Å². The third-order valence-corrected chi connectivity index (χ3v) is 3.86. The van der Waals surface area contributed by atoms with Gasteiger partial charge in [0.15, 0.2) is 5.58 Å². The van der Waals surface area contributed by atoms with Crippen molar-refractivity contribution in [1.82, 2.24) is 10.3 Å². The Bertz CT molecular complexity index is 706. The highest BCUT2D eigenvalue weighted by Gasteiger charge is 2.37. The number of hydrogen-bond donors (Lipinski definition) is 2. The van der Waals surface area contributed by atoms with Crippen molar-refractivity contribution in [3.63, 3.8) is 0 Å². The number of alkyl halides is 3. The zero-order valence-electron chi connectivity index (χ0n) is 12.2. The summed E-state index contributed by atoms with van der Waals surface area (Å²) in [5.41, 5.74) is 0.511. The molecule has 0 saturated carbocycles. The number of oxazole rings is 1. The third kappa shape index (κ3) is 3.82. The van der Waals surface area contributed by atoms with E-state index in [2.05, 4.69) is 20.0 Å². The lowest BCUT2D eigenvalue weighted by atomic mass is 10.0. The first-order valence-electron chi connectivity index (χ1n) is 7.40. The molecule has 1 aromatic heterocycles. The Labute approximate surface area is 130 Å². The van der Waals surface area contributed by atoms with Gasteiger partial charge >= 0.3 is 12.1 Å². The molecule has 8 heteroatoms. The minimum absolute atomic E-state index is 0.0346. The number of nitrogens with one attached hydrogen (secondary N) is 2. The van der Waals surface area contributed by atoms with Crippen LogP contribution in [0.4, 0.5) is 18.9 Å². The molecule has 5 nitrogen and oxygen atoms in total. The average molecular weight is 327 g/mol. The minimum atomic E-state index is -4.63. The van der Waals surface area contributed by atoms with Gasteiger partial charge in [0, 0.05) is 12.1 Å². The summed E-state index contributed by atoms with van der Waals surface area (Å²) in [4.78, 5) is 15.3. The van der Waals surface area contributed by atoms with Crippen molar-refractivity contribution >= 4 is 22.7 Å². The van der Waals surface area contributed by atoms with Crippen molar-refractivity contribution in [2.75, 3.05) is 18.4 Å². The van der Waals surface area contributed by atoms with Crippen molar-refractivity contribution in [1.29, 1.82) is 0 Å². The standard InChI is InChI=1S/C15H16F3N3O2/c16-15(17,18)14-21-11-7-10(2-3-12(11)23-14)20-13(22)4-1-9-5-6-19-8-9/h2-3,7,9,19H,1,4-6,8H2,(H,20,22). The van der Waals surface area contributed by atoms with Gasteiger partial charge in [0.1, 0.15) is 5.52 Å². The summed E-state index contributed by atoms with van der Waals surface area (Å²) >= 11 is 0. The van der Waals surface area contributed by atoms with E-state index in [1.54, 1.807) is 0 Å². The van der Waals surface area contributed by atoms with Gasteiger partial charge in [0.25, 0.3) is 0 Å². The van der Waals surface area contributed by atoms with Crippen LogP contribution in [0.2, 0.25) is 0 Å². The van der Waals surface area contributed by atoms with E-state index >= 15 is 0 Å². The van der Waals surface area contributed by atoms with Crippen LogP contribution >= 0.6 is 0 Å². The molecule has 0 bridgehead atoms. The maximum Gasteiger partial charge on any atom is 0.468 e. The number of aromatic nitrogens is 1. The molecule has 2 N–H and O–H groups in total. The molecule has 1 unspecified atom stereocenters. The lowest BCUT2D eigenvalue weighted by Gasteiger charge is -2.08. The van der Waals surface area contributed by atoms with E-state index in [-0.39, 0.29) is 17.0 Å². The monoisotopic (exact) mass is 327 g/mol. The summed E-state index contributed by atoms with van der Waals surface area (Å²) in [5, 5.41) is 5.92. The Balaban J connectivity index is 1.64. The highest BCUT2D eigenvalue weighted by atomic mass is 19.4. The minimum Gasteiger partial charge on any atom is -0.433 e. The van der Waals surface area contributed by atoms with Crippen LogP contribution in [0.3, 0.4) is 0 Å². The predicted molar refractivity (Wildman–Crippen MR) is 77.9 cm³/mol. The normalized spacial score (nSPS) is 18.5. The number of anilines is 1. The highest BCUT2D eigenvalue weighted by molar-refractivity contribution is 5.92. The first kappa shape index (κ1) is 15.8. The summed E-state index contributed by atoms with van der Waals surface area (Å²) in [6.07, 6.45) is -2.38. The topological polar surface area (TPSA) is 67.2 Å². The number of fused-ring (bicyclic) bond motifs is 1. The number of hydrogen-bond acceptors (Lipinski definition) is 4. The molecule has 1 aliphatic heterocycles. The summed E-state index contributed by atoms with van der Waals surface area (Å²) in [6, 6.07) is 4.25. The molecule has 1 fully saturated rings. The van der Waals surface area contributed by atoms with Crippen LogP contribution in [-0.4, -0.2) is 24.0 Å². The summed E-state index contributed by atoms with van der Waals surface area (Å²) in [7, 11) is 0. The first-order valence-corrected chi connectivity index (χ1v) is 7.40. The number of benzene rings is 1. The number of rotatable bonds is 4. The van der Waals surface area contributed by atoms with E-state index in [0.717, 1.165) is 25.9 Å². The van der Waals surface area contributed by atoms with Gasteiger partial charge in [-0.05, 0) is 50.0 Å². The molecule has 2 heterocycles. The largest absolute Gasteiger partial charge is 0.468 e. The Hall–Kier alpha value is -2.09. The van der Waals surface area contributed by atoms with E-state index < -0.39 is 12.1 Å². The zero-order chi connectivity index (χ0) is 16.4. The van der Waals surface area contributed by atoms with E-state index in [4.69, 9.17) is 0 Å². The first-order chi connectivity index (χ1) is 10.9. The van der Waals surface area contributed by atoms with Crippen LogP contribution in [0, 0.1) is 5.92 Å². The van der Waals surface area contributed by atoms with Crippen LogP contribution in [0.5, 0.6) is 0 Å². The van der Waals surface area contributed by atoms with Crippen molar-refractivity contribution < 1.29 is 22.4 Å². The fourth-order valence-electron chi connectivity index (χ4n) is 2.65. The fourth-order valence-corrected chi connectivity index (χ4v) is 2.65. The molecule has 1 aromatic carbocycles. The molecule has 0 radical (unpaired) electrons. The van der Waals surface area contributed by atoms with E-state index in [0.29, 0.717) is 18.0 Å². The molecule has 1 amide bonds. The lowest BCUT2D eigenvalue weighted by Crippen LogP contribution is -2.14. The van der Waals surface area contributed by atoms with Crippen LogP contribution in [0.15, 0.2) is 22.6 Å². The number of halogens is 3. The summed E-state index contributed by atoms with van der Waals surface area (Å²) in [5.74, 6) is -0.936. The second kappa shape index (κ2) is 6.19. The van der Waals surface area contributed by atoms with Crippen LogP contribution < -0.4 is 10.6 Å². The van der Waals surface area contributed by atoms with Gasteiger partial charge in [-0.2, -0.15) is 13.2 Å². The number of nitrogens with zero attached hydrogens (tertiary/aromatic N) is 1. The second-order valence-corrected chi connectivity index (χ2v) is 5.64. The molecule has 3 rings (SSSR count). The molecular formula is C15H16F3N3O2. The van der Waals surface area contributed by atoms with Crippen LogP contribution in [-0.2, 0) is 11.0 Å². The van der Waals surface area contributed by atoms with Gasteiger partial charge in [0.05, 0.1) is 0 Å². The number of carbonyl (C=O) groups excluding carboxylic acids is 1. The third-order valence-electron chi connectivity index (χ3n) is 3.86. The maximum atomic E-state index is 12.6. The zero-order valence-corrected chi connectivity index (χ0v) is 12.2. The number of amides is 1. The van der Waals surface area contributed by atoms with Gasteiger partial charge in [-0.3, -0.25) is 4.79 Å². The molecule has 1 aliphatic rings. The van der Waals surface area contributed by atoms with E-state index in [1.807, 2.05) is 0 Å². The SMILES string of the molecule is O=C(CCC1CCNC1)Nc1ccc2oc(C(F)(F)F)nc2c1. The fraction of sp³-hybridized carbons (Fsp3) is 0.467. The van der Waals surface area contributed by atoms with E-state index in [9.17, 15) is 18.0 Å². The summed E-state index contributed by atoms with van der Waals surface area (Å²) < 4.78 is 42.3. The highest BCUT2D eigenvalue weighted by Crippen LogP contribution is 2.31. The molecule has 1 saturated heterocycles.